The van der Waals surface area contributed by atoms with Crippen LogP contribution in [-0.2, 0) is 6.54 Å². The van der Waals surface area contributed by atoms with E-state index in [9.17, 15) is 0 Å². The van der Waals surface area contributed by atoms with Crippen LogP contribution in [0.4, 0.5) is 0 Å². The lowest BCUT2D eigenvalue weighted by Crippen LogP contribution is -2.19. The van der Waals surface area contributed by atoms with Crippen molar-refractivity contribution in [3.8, 4) is 0 Å². The Morgan fingerprint density at radius 1 is 1.30 bits per heavy atom. The highest BCUT2D eigenvalue weighted by atomic mass is 35.5. The molecule has 108 valence electrons. The predicted molar refractivity (Wildman–Crippen MR) is 86.6 cm³/mol. The Balaban J connectivity index is 2.07. The first-order valence-electron chi connectivity index (χ1n) is 6.47. The zero-order valence-corrected chi connectivity index (χ0v) is 13.5. The minimum Gasteiger partial charge on any atom is -0.322 e. The third kappa shape index (κ3) is 3.70. The van der Waals surface area contributed by atoms with E-state index in [-0.39, 0.29) is 6.04 Å². The summed E-state index contributed by atoms with van der Waals surface area (Å²) in [6, 6.07) is 7.58. The molecule has 1 atom stereocenters. The van der Waals surface area contributed by atoms with Crippen molar-refractivity contribution >= 4 is 35.0 Å². The van der Waals surface area contributed by atoms with E-state index in [1.807, 2.05) is 28.9 Å². The minimum absolute atomic E-state index is 0.169. The monoisotopic (exact) mass is 329 g/mol. The fraction of sp³-hybridized carbons (Fsp3) is 0.357. The first-order valence-corrected chi connectivity index (χ1v) is 8.21. The second kappa shape index (κ2) is 7.36. The van der Waals surface area contributed by atoms with Crippen LogP contribution < -0.4 is 5.73 Å². The van der Waals surface area contributed by atoms with Gasteiger partial charge in [0.25, 0.3) is 0 Å². The van der Waals surface area contributed by atoms with Crippen LogP contribution in [-0.4, -0.2) is 15.5 Å². The van der Waals surface area contributed by atoms with E-state index in [1.54, 1.807) is 18.0 Å². The van der Waals surface area contributed by atoms with Crippen molar-refractivity contribution in [3.63, 3.8) is 0 Å². The molecule has 6 heteroatoms. The average Bonchev–Trinajstić information content (AvgIpc) is 2.79. The molecule has 1 unspecified atom stereocenters. The van der Waals surface area contributed by atoms with Crippen molar-refractivity contribution in [1.29, 1.82) is 0 Å². The molecule has 0 aliphatic heterocycles. The summed E-state index contributed by atoms with van der Waals surface area (Å²) in [5.41, 5.74) is 7.16. The first kappa shape index (κ1) is 15.7. The van der Waals surface area contributed by atoms with Crippen LogP contribution in [0.15, 0.2) is 35.4 Å². The molecule has 1 aromatic carbocycles. The van der Waals surface area contributed by atoms with Crippen LogP contribution in [0.2, 0.25) is 10.0 Å². The Bertz CT molecular complexity index is 571. The number of rotatable bonds is 6. The predicted octanol–water partition coefficient (Wildman–Crippen LogP) is 4.39. The molecular formula is C14H17Cl2N3S. The number of benzene rings is 1. The van der Waals surface area contributed by atoms with Crippen molar-refractivity contribution in [2.45, 2.75) is 30.8 Å². The quantitative estimate of drug-likeness (QED) is 0.799. The molecule has 1 aromatic heterocycles. The van der Waals surface area contributed by atoms with Crippen molar-refractivity contribution in [2.24, 2.45) is 5.73 Å². The summed E-state index contributed by atoms with van der Waals surface area (Å²) < 4.78 is 1.89. The van der Waals surface area contributed by atoms with E-state index in [0.717, 1.165) is 28.6 Å². The van der Waals surface area contributed by atoms with Gasteiger partial charge in [-0.1, -0.05) is 42.3 Å². The maximum Gasteiger partial charge on any atom is 0.0834 e. The van der Waals surface area contributed by atoms with Crippen LogP contribution in [0.5, 0.6) is 0 Å². The van der Waals surface area contributed by atoms with E-state index in [1.165, 1.54) is 0 Å². The van der Waals surface area contributed by atoms with E-state index in [2.05, 4.69) is 12.0 Å². The highest BCUT2D eigenvalue weighted by Gasteiger charge is 2.17. The van der Waals surface area contributed by atoms with Gasteiger partial charge in [-0.2, -0.15) is 5.10 Å². The van der Waals surface area contributed by atoms with E-state index < -0.39 is 0 Å². The fourth-order valence-corrected chi connectivity index (χ4v) is 3.43. The normalized spacial score (nSPS) is 12.6. The maximum absolute atomic E-state index is 6.26. The standard InChI is InChI=1S/C14H17Cl2N3S/c1-2-7-19-14(11(16)8-18-19)12(17)9-20-13-6-4-3-5-10(13)15/h3-6,8,12H,2,7,9,17H2,1H3. The van der Waals surface area contributed by atoms with E-state index in [4.69, 9.17) is 28.9 Å². The number of thioether (sulfide) groups is 1. The molecule has 0 spiro atoms. The molecule has 0 saturated carbocycles. The number of hydrogen-bond acceptors (Lipinski definition) is 3. The Hall–Kier alpha value is -0.680. The average molecular weight is 330 g/mol. The molecule has 2 rings (SSSR count). The SMILES string of the molecule is CCCn1ncc(Cl)c1C(N)CSc1ccccc1Cl. The largest absolute Gasteiger partial charge is 0.322 e. The summed E-state index contributed by atoms with van der Waals surface area (Å²) in [5.74, 6) is 0.707. The Morgan fingerprint density at radius 2 is 2.05 bits per heavy atom. The highest BCUT2D eigenvalue weighted by molar-refractivity contribution is 7.99. The van der Waals surface area contributed by atoms with Crippen molar-refractivity contribution < 1.29 is 0 Å². The number of nitrogens with two attached hydrogens (primary N) is 1. The molecule has 0 aliphatic carbocycles. The lowest BCUT2D eigenvalue weighted by Gasteiger charge is -2.14. The summed E-state index contributed by atoms with van der Waals surface area (Å²) in [7, 11) is 0. The third-order valence-corrected chi connectivity index (χ3v) is 4.80. The number of aryl methyl sites for hydroxylation is 1. The molecular weight excluding hydrogens is 313 g/mol. The molecule has 3 nitrogen and oxygen atoms in total. The minimum atomic E-state index is -0.169. The van der Waals surface area contributed by atoms with Gasteiger partial charge in [0.2, 0.25) is 0 Å². The van der Waals surface area contributed by atoms with Crippen LogP contribution in [0.3, 0.4) is 0 Å². The highest BCUT2D eigenvalue weighted by Crippen LogP contribution is 2.31. The Morgan fingerprint density at radius 3 is 2.75 bits per heavy atom. The van der Waals surface area contributed by atoms with Crippen LogP contribution in [0.25, 0.3) is 0 Å². The zero-order chi connectivity index (χ0) is 14.5. The van der Waals surface area contributed by atoms with E-state index >= 15 is 0 Å². The number of hydrogen-bond donors (Lipinski definition) is 1. The van der Waals surface area contributed by atoms with Crippen LogP contribution in [0, 0.1) is 0 Å². The summed E-state index contributed by atoms with van der Waals surface area (Å²) in [4.78, 5) is 1.03. The molecule has 0 bridgehead atoms. The van der Waals surface area contributed by atoms with Crippen molar-refractivity contribution in [1.82, 2.24) is 9.78 Å². The lowest BCUT2D eigenvalue weighted by atomic mass is 10.2. The molecule has 2 aromatic rings. The first-order chi connectivity index (χ1) is 9.63. The zero-order valence-electron chi connectivity index (χ0n) is 11.2. The maximum atomic E-state index is 6.26. The summed E-state index contributed by atoms with van der Waals surface area (Å²) >= 11 is 14.0. The number of nitrogens with zero attached hydrogens (tertiary/aromatic N) is 2. The molecule has 0 saturated heterocycles. The molecule has 2 N–H and O–H groups in total. The van der Waals surface area contributed by atoms with Gasteiger partial charge in [-0.15, -0.1) is 11.8 Å². The lowest BCUT2D eigenvalue weighted by molar-refractivity contribution is 0.554. The van der Waals surface area contributed by atoms with Gasteiger partial charge in [0.1, 0.15) is 0 Å². The van der Waals surface area contributed by atoms with Gasteiger partial charge in [0, 0.05) is 17.2 Å². The Labute approximate surface area is 133 Å². The molecule has 0 radical (unpaired) electrons. The molecule has 0 aliphatic rings. The van der Waals surface area contributed by atoms with E-state index in [0.29, 0.717) is 10.8 Å². The smallest absolute Gasteiger partial charge is 0.0834 e. The summed E-state index contributed by atoms with van der Waals surface area (Å²) in [6.45, 7) is 2.93. The molecule has 20 heavy (non-hydrogen) atoms. The Kier molecular flexibility index (Phi) is 5.78. The van der Waals surface area contributed by atoms with Gasteiger partial charge >= 0.3 is 0 Å². The van der Waals surface area contributed by atoms with Gasteiger partial charge in [0.15, 0.2) is 0 Å². The van der Waals surface area contributed by atoms with Crippen LogP contribution >= 0.6 is 35.0 Å². The summed E-state index contributed by atoms with van der Waals surface area (Å²) in [6.07, 6.45) is 2.65. The second-order valence-corrected chi connectivity index (χ2v) is 6.33. The van der Waals surface area contributed by atoms with Gasteiger partial charge in [-0.3, -0.25) is 4.68 Å². The number of halogens is 2. The fourth-order valence-electron chi connectivity index (χ4n) is 1.95. The number of aromatic nitrogens is 2. The van der Waals surface area contributed by atoms with Gasteiger partial charge in [-0.25, -0.2) is 0 Å². The molecule has 1 heterocycles. The molecule has 0 fully saturated rings. The molecule has 0 amide bonds. The second-order valence-electron chi connectivity index (χ2n) is 4.45. The van der Waals surface area contributed by atoms with Crippen LogP contribution in [0.1, 0.15) is 25.1 Å². The topological polar surface area (TPSA) is 43.8 Å². The summed E-state index contributed by atoms with van der Waals surface area (Å²) in [5, 5.41) is 5.65. The third-order valence-electron chi connectivity index (χ3n) is 2.87. The van der Waals surface area contributed by atoms with Crippen molar-refractivity contribution in [3.05, 3.63) is 46.2 Å². The van der Waals surface area contributed by atoms with Gasteiger partial charge in [-0.05, 0) is 18.6 Å². The van der Waals surface area contributed by atoms with Gasteiger partial charge < -0.3 is 5.73 Å². The van der Waals surface area contributed by atoms with Gasteiger partial charge in [0.05, 0.1) is 28.0 Å². The van der Waals surface area contributed by atoms with Crippen molar-refractivity contribution in [2.75, 3.05) is 5.75 Å².